The second-order valence-electron chi connectivity index (χ2n) is 7.51. The highest BCUT2D eigenvalue weighted by Crippen LogP contribution is 2.30. The van der Waals surface area contributed by atoms with E-state index in [0.717, 1.165) is 44.6 Å². The smallest absolute Gasteiger partial charge is 0.245 e. The van der Waals surface area contributed by atoms with Crippen LogP contribution in [-0.2, 0) is 9.53 Å². The molecule has 154 valence electrons. The van der Waals surface area contributed by atoms with E-state index in [1.165, 1.54) is 6.33 Å². The average Bonchev–Trinajstić information content (AvgIpc) is 3.33. The van der Waals surface area contributed by atoms with Crippen LogP contribution in [0.3, 0.4) is 0 Å². The lowest BCUT2D eigenvalue weighted by atomic mass is 9.96. The molecule has 0 atom stereocenters. The van der Waals surface area contributed by atoms with Gasteiger partial charge in [-0.15, -0.1) is 0 Å². The lowest BCUT2D eigenvalue weighted by Gasteiger charge is -2.31. The highest BCUT2D eigenvalue weighted by molar-refractivity contribution is 5.99. The molecule has 2 N–H and O–H groups in total. The summed E-state index contributed by atoms with van der Waals surface area (Å²) >= 11 is 0. The SMILES string of the molecule is O=C1CN(CCC2CCOCC2)c2nc(-c3ccc(-c4ncn[nH]4)nc3)cnc2N1. The van der Waals surface area contributed by atoms with Crippen LogP contribution in [0.5, 0.6) is 0 Å². The maximum Gasteiger partial charge on any atom is 0.245 e. The molecule has 5 heterocycles. The summed E-state index contributed by atoms with van der Waals surface area (Å²) in [6.45, 7) is 2.70. The Kier molecular flexibility index (Phi) is 5.06. The van der Waals surface area contributed by atoms with Crippen LogP contribution in [0.2, 0.25) is 0 Å². The number of carbonyl (C=O) groups is 1. The van der Waals surface area contributed by atoms with Gasteiger partial charge in [0.15, 0.2) is 17.5 Å². The van der Waals surface area contributed by atoms with Gasteiger partial charge >= 0.3 is 0 Å². The summed E-state index contributed by atoms with van der Waals surface area (Å²) in [7, 11) is 0. The molecular weight excluding hydrogens is 384 g/mol. The van der Waals surface area contributed by atoms with Crippen molar-refractivity contribution in [2.75, 3.05) is 36.5 Å². The first kappa shape index (κ1) is 18.6. The van der Waals surface area contributed by atoms with Crippen molar-refractivity contribution < 1.29 is 9.53 Å². The largest absolute Gasteiger partial charge is 0.381 e. The molecule has 1 amide bonds. The monoisotopic (exact) mass is 406 g/mol. The molecule has 10 heteroatoms. The van der Waals surface area contributed by atoms with Crippen molar-refractivity contribution in [1.29, 1.82) is 0 Å². The maximum absolute atomic E-state index is 12.1. The number of H-pyrrole nitrogens is 1. The van der Waals surface area contributed by atoms with Gasteiger partial charge in [-0.25, -0.2) is 15.0 Å². The minimum atomic E-state index is -0.0606. The summed E-state index contributed by atoms with van der Waals surface area (Å²) in [4.78, 5) is 32.0. The van der Waals surface area contributed by atoms with Crippen LogP contribution in [0.1, 0.15) is 19.3 Å². The molecule has 2 aliphatic heterocycles. The number of amides is 1. The van der Waals surface area contributed by atoms with Crippen LogP contribution in [-0.4, -0.2) is 62.3 Å². The van der Waals surface area contributed by atoms with Crippen LogP contribution < -0.4 is 10.2 Å². The molecule has 3 aromatic rings. The van der Waals surface area contributed by atoms with E-state index in [2.05, 4.69) is 30.5 Å². The summed E-state index contributed by atoms with van der Waals surface area (Å²) in [6.07, 6.45) is 8.00. The van der Waals surface area contributed by atoms with E-state index < -0.39 is 0 Å². The van der Waals surface area contributed by atoms with E-state index in [1.54, 1.807) is 12.4 Å². The Balaban J connectivity index is 1.37. The van der Waals surface area contributed by atoms with Crippen LogP contribution in [0, 0.1) is 5.92 Å². The van der Waals surface area contributed by atoms with Crippen molar-refractivity contribution in [2.24, 2.45) is 5.92 Å². The molecule has 0 aromatic carbocycles. The van der Waals surface area contributed by atoms with Crippen molar-refractivity contribution in [1.82, 2.24) is 30.1 Å². The molecule has 0 radical (unpaired) electrons. The zero-order valence-electron chi connectivity index (χ0n) is 16.4. The summed E-state index contributed by atoms with van der Waals surface area (Å²) in [6, 6.07) is 3.79. The highest BCUT2D eigenvalue weighted by atomic mass is 16.5. The molecule has 0 spiro atoms. The lowest BCUT2D eigenvalue weighted by molar-refractivity contribution is -0.115. The van der Waals surface area contributed by atoms with Crippen molar-refractivity contribution >= 4 is 17.5 Å². The van der Waals surface area contributed by atoms with E-state index in [1.807, 2.05) is 17.0 Å². The highest BCUT2D eigenvalue weighted by Gasteiger charge is 2.26. The minimum Gasteiger partial charge on any atom is -0.381 e. The third kappa shape index (κ3) is 3.86. The number of aromatic amines is 1. The fraction of sp³-hybridized carbons (Fsp3) is 0.400. The first-order chi connectivity index (χ1) is 14.8. The van der Waals surface area contributed by atoms with E-state index in [0.29, 0.717) is 34.8 Å². The van der Waals surface area contributed by atoms with Crippen molar-refractivity contribution in [3.63, 3.8) is 0 Å². The molecule has 1 fully saturated rings. The number of pyridine rings is 1. The Bertz CT molecular complexity index is 1020. The van der Waals surface area contributed by atoms with Gasteiger partial charge in [0, 0.05) is 31.5 Å². The minimum absolute atomic E-state index is 0.0606. The summed E-state index contributed by atoms with van der Waals surface area (Å²) in [5.74, 6) is 2.39. The molecule has 0 bridgehead atoms. The molecule has 1 saturated heterocycles. The standard InChI is InChI=1S/C20H22N8O2/c29-17-11-28(6-3-13-4-7-30-8-5-13)20-19(26-17)22-10-16(25-20)14-1-2-15(21-9-14)18-23-12-24-27-18/h1-2,9-10,12-13H,3-8,11H2,(H,22,26,29)(H,23,24,27). The van der Waals surface area contributed by atoms with Gasteiger partial charge in [0.05, 0.1) is 18.4 Å². The van der Waals surface area contributed by atoms with Gasteiger partial charge in [-0.2, -0.15) is 5.10 Å². The third-order valence-electron chi connectivity index (χ3n) is 5.51. The number of nitrogens with zero attached hydrogens (tertiary/aromatic N) is 6. The van der Waals surface area contributed by atoms with Gasteiger partial charge in [-0.05, 0) is 37.3 Å². The van der Waals surface area contributed by atoms with Crippen LogP contribution in [0.4, 0.5) is 11.6 Å². The Morgan fingerprint density at radius 3 is 2.77 bits per heavy atom. The zero-order valence-corrected chi connectivity index (χ0v) is 16.4. The van der Waals surface area contributed by atoms with Gasteiger partial charge in [-0.1, -0.05) is 0 Å². The topological polar surface area (TPSA) is 122 Å². The van der Waals surface area contributed by atoms with Crippen LogP contribution in [0.15, 0.2) is 30.9 Å². The fourth-order valence-electron chi connectivity index (χ4n) is 3.82. The van der Waals surface area contributed by atoms with E-state index in [9.17, 15) is 4.79 Å². The van der Waals surface area contributed by atoms with Gasteiger partial charge in [0.25, 0.3) is 0 Å². The second-order valence-corrected chi connectivity index (χ2v) is 7.51. The Hall–Kier alpha value is -3.40. The molecule has 10 nitrogen and oxygen atoms in total. The fourth-order valence-corrected chi connectivity index (χ4v) is 3.82. The van der Waals surface area contributed by atoms with E-state index in [-0.39, 0.29) is 12.5 Å². The number of anilines is 2. The number of ether oxygens (including phenoxy) is 1. The quantitative estimate of drug-likeness (QED) is 0.659. The number of nitrogens with one attached hydrogen (secondary N) is 2. The second kappa shape index (κ2) is 8.15. The van der Waals surface area contributed by atoms with Gasteiger partial charge in [-0.3, -0.25) is 14.9 Å². The first-order valence-electron chi connectivity index (χ1n) is 10.1. The Morgan fingerprint density at radius 1 is 1.10 bits per heavy atom. The van der Waals surface area contributed by atoms with E-state index in [4.69, 9.17) is 9.72 Å². The predicted octanol–water partition coefficient (Wildman–Crippen LogP) is 1.90. The van der Waals surface area contributed by atoms with Gasteiger partial charge < -0.3 is 15.0 Å². The molecule has 0 aliphatic carbocycles. The van der Waals surface area contributed by atoms with Crippen molar-refractivity contribution in [3.8, 4) is 22.8 Å². The number of rotatable bonds is 5. The maximum atomic E-state index is 12.1. The molecule has 3 aromatic heterocycles. The predicted molar refractivity (Wildman–Crippen MR) is 110 cm³/mol. The number of hydrogen-bond acceptors (Lipinski definition) is 8. The summed E-state index contributed by atoms with van der Waals surface area (Å²) in [5, 5.41) is 9.47. The molecule has 30 heavy (non-hydrogen) atoms. The number of fused-ring (bicyclic) bond motifs is 1. The normalized spacial score (nSPS) is 16.9. The molecule has 0 saturated carbocycles. The summed E-state index contributed by atoms with van der Waals surface area (Å²) in [5.41, 5.74) is 2.25. The number of carbonyl (C=O) groups excluding carboxylic acids is 1. The Labute approximate surface area is 173 Å². The van der Waals surface area contributed by atoms with Gasteiger partial charge in [0.2, 0.25) is 5.91 Å². The molecule has 0 unspecified atom stereocenters. The molecule has 5 rings (SSSR count). The zero-order chi connectivity index (χ0) is 20.3. The third-order valence-corrected chi connectivity index (χ3v) is 5.51. The van der Waals surface area contributed by atoms with Gasteiger partial charge in [0.1, 0.15) is 12.0 Å². The Morgan fingerprint density at radius 2 is 2.00 bits per heavy atom. The first-order valence-corrected chi connectivity index (χ1v) is 10.1. The molecule has 2 aliphatic rings. The van der Waals surface area contributed by atoms with E-state index >= 15 is 0 Å². The van der Waals surface area contributed by atoms with Crippen molar-refractivity contribution in [2.45, 2.75) is 19.3 Å². The average molecular weight is 406 g/mol. The van der Waals surface area contributed by atoms with Crippen LogP contribution >= 0.6 is 0 Å². The summed E-state index contributed by atoms with van der Waals surface area (Å²) < 4.78 is 5.45. The number of hydrogen-bond donors (Lipinski definition) is 2. The van der Waals surface area contributed by atoms with Crippen molar-refractivity contribution in [3.05, 3.63) is 30.9 Å². The lowest BCUT2D eigenvalue weighted by Crippen LogP contribution is -2.40. The number of aromatic nitrogens is 6. The van der Waals surface area contributed by atoms with Crippen LogP contribution in [0.25, 0.3) is 22.8 Å². The molecular formula is C20H22N8O2.